The number of aromatic nitrogens is 1. The van der Waals surface area contributed by atoms with E-state index in [2.05, 4.69) is 66.5 Å². The van der Waals surface area contributed by atoms with Gasteiger partial charge in [-0.1, -0.05) is 44.2 Å². The van der Waals surface area contributed by atoms with Crippen LogP contribution in [0.15, 0.2) is 75.8 Å². The minimum Gasteiger partial charge on any atom is -0.496 e. The van der Waals surface area contributed by atoms with Crippen molar-refractivity contribution in [2.45, 2.75) is 19.3 Å². The molecule has 1 aliphatic heterocycles. The molecule has 4 rings (SSSR count). The Morgan fingerprint density at radius 3 is 2.53 bits per heavy atom. The van der Waals surface area contributed by atoms with E-state index in [1.807, 2.05) is 35.2 Å². The Kier molecular flexibility index (Phi) is 5.35. The Morgan fingerprint density at radius 2 is 1.80 bits per heavy atom. The van der Waals surface area contributed by atoms with Crippen molar-refractivity contribution in [2.24, 2.45) is 10.1 Å². The average Bonchev–Trinajstić information content (AvgIpc) is 3.26. The largest absolute Gasteiger partial charge is 0.496 e. The lowest BCUT2D eigenvalue weighted by molar-refractivity contribution is 0.416. The number of benzene rings is 2. The third-order valence-corrected chi connectivity index (χ3v) is 6.52. The van der Waals surface area contributed by atoms with Crippen LogP contribution in [0.2, 0.25) is 0 Å². The highest BCUT2D eigenvalue weighted by atomic mass is 32.1. The summed E-state index contributed by atoms with van der Waals surface area (Å²) in [4.78, 5) is 7.46. The molecule has 2 heterocycles. The molecule has 0 bridgehead atoms. The Hall–Kier alpha value is -3.12. The summed E-state index contributed by atoms with van der Waals surface area (Å²) in [6, 6.07) is 16.5. The SMILES string of the molecule is CN=c1scc(-c2ccccc2OC)n1N=CC=C1N(C)c2ccccc2C1(C)C. The lowest BCUT2D eigenvalue weighted by Crippen LogP contribution is -2.23. The molecule has 154 valence electrons. The average molecular weight is 419 g/mol. The topological polar surface area (TPSA) is 42.1 Å². The molecule has 0 atom stereocenters. The fraction of sp³-hybridized carbons (Fsp3) is 0.250. The summed E-state index contributed by atoms with van der Waals surface area (Å²) in [5, 5.41) is 6.83. The van der Waals surface area contributed by atoms with E-state index in [0.717, 1.165) is 21.8 Å². The highest BCUT2D eigenvalue weighted by Gasteiger charge is 2.37. The lowest BCUT2D eigenvalue weighted by Gasteiger charge is -2.23. The fourth-order valence-corrected chi connectivity index (χ4v) is 4.87. The van der Waals surface area contributed by atoms with Gasteiger partial charge in [0.2, 0.25) is 4.80 Å². The monoisotopic (exact) mass is 418 g/mol. The minimum absolute atomic E-state index is 0.0832. The number of nitrogens with zero attached hydrogens (tertiary/aromatic N) is 4. The van der Waals surface area contributed by atoms with E-state index >= 15 is 0 Å². The number of rotatable bonds is 4. The third kappa shape index (κ3) is 3.27. The first-order chi connectivity index (χ1) is 14.5. The molecule has 0 amide bonds. The minimum atomic E-state index is -0.0832. The normalized spacial score (nSPS) is 17.2. The van der Waals surface area contributed by atoms with Crippen LogP contribution in [0.1, 0.15) is 19.4 Å². The van der Waals surface area contributed by atoms with Gasteiger partial charge in [0, 0.05) is 48.1 Å². The van der Waals surface area contributed by atoms with Crippen molar-refractivity contribution in [3.8, 4) is 17.0 Å². The highest BCUT2D eigenvalue weighted by molar-refractivity contribution is 7.07. The van der Waals surface area contributed by atoms with Gasteiger partial charge in [-0.3, -0.25) is 4.99 Å². The van der Waals surface area contributed by atoms with Crippen molar-refractivity contribution in [3.63, 3.8) is 0 Å². The second-order valence-corrected chi connectivity index (χ2v) is 8.49. The van der Waals surface area contributed by atoms with Gasteiger partial charge in [0.05, 0.1) is 12.8 Å². The molecule has 0 unspecified atom stereocenters. The highest BCUT2D eigenvalue weighted by Crippen LogP contribution is 2.46. The molecule has 0 aliphatic carbocycles. The summed E-state index contributed by atoms with van der Waals surface area (Å²) in [6.45, 7) is 4.50. The molecule has 30 heavy (non-hydrogen) atoms. The molecule has 6 heteroatoms. The molecule has 1 aromatic heterocycles. The summed E-state index contributed by atoms with van der Waals surface area (Å²) in [5.74, 6) is 0.812. The van der Waals surface area contributed by atoms with Gasteiger partial charge in [0.25, 0.3) is 0 Å². The van der Waals surface area contributed by atoms with Crippen molar-refractivity contribution < 1.29 is 4.74 Å². The van der Waals surface area contributed by atoms with Crippen LogP contribution in [-0.4, -0.2) is 32.1 Å². The number of ether oxygens (including phenoxy) is 1. The van der Waals surface area contributed by atoms with Gasteiger partial charge in [-0.05, 0) is 29.8 Å². The lowest BCUT2D eigenvalue weighted by atomic mass is 9.84. The standard InChI is InChI=1S/C24H26N4OS/c1-24(2)18-11-7-8-12-19(18)27(4)22(24)14-15-26-28-20(16-30-23(28)25-3)17-10-6-9-13-21(17)29-5/h6-16H,1-5H3. The molecule has 0 spiro atoms. The number of hydrogen-bond acceptors (Lipinski definition) is 5. The smallest absolute Gasteiger partial charge is 0.205 e. The van der Waals surface area contributed by atoms with E-state index in [1.54, 1.807) is 25.5 Å². The zero-order valence-electron chi connectivity index (χ0n) is 18.0. The van der Waals surface area contributed by atoms with E-state index in [-0.39, 0.29) is 5.41 Å². The molecule has 0 saturated carbocycles. The molecular weight excluding hydrogens is 392 g/mol. The summed E-state index contributed by atoms with van der Waals surface area (Å²) in [5.41, 5.74) is 5.63. The molecule has 3 aromatic rings. The van der Waals surface area contributed by atoms with E-state index in [9.17, 15) is 0 Å². The van der Waals surface area contributed by atoms with Crippen LogP contribution in [0.25, 0.3) is 11.3 Å². The van der Waals surface area contributed by atoms with Crippen molar-refractivity contribution in [1.82, 2.24) is 4.68 Å². The number of allylic oxidation sites excluding steroid dienone is 2. The zero-order valence-corrected chi connectivity index (χ0v) is 18.8. The first-order valence-electron chi connectivity index (χ1n) is 9.84. The number of hydrogen-bond donors (Lipinski definition) is 0. The van der Waals surface area contributed by atoms with Gasteiger partial charge < -0.3 is 9.64 Å². The van der Waals surface area contributed by atoms with Crippen LogP contribution in [0, 0.1) is 0 Å². The number of methoxy groups -OCH3 is 1. The van der Waals surface area contributed by atoms with Gasteiger partial charge in [-0.15, -0.1) is 11.3 Å². The van der Waals surface area contributed by atoms with Crippen molar-refractivity contribution in [2.75, 3.05) is 26.1 Å². The fourth-order valence-electron chi connectivity index (χ4n) is 4.08. The van der Waals surface area contributed by atoms with Crippen LogP contribution < -0.4 is 14.4 Å². The molecule has 5 nitrogen and oxygen atoms in total. The van der Waals surface area contributed by atoms with Gasteiger partial charge >= 0.3 is 0 Å². The Labute approximate surface area is 181 Å². The Bertz CT molecular complexity index is 1200. The maximum absolute atomic E-state index is 5.55. The summed E-state index contributed by atoms with van der Waals surface area (Å²) < 4.78 is 7.42. The third-order valence-electron chi connectivity index (χ3n) is 5.61. The first kappa shape index (κ1) is 20.2. The predicted octanol–water partition coefficient (Wildman–Crippen LogP) is 4.90. The number of fused-ring (bicyclic) bond motifs is 1. The zero-order chi connectivity index (χ0) is 21.3. The Morgan fingerprint density at radius 1 is 1.07 bits per heavy atom. The maximum Gasteiger partial charge on any atom is 0.205 e. The first-order valence-corrected chi connectivity index (χ1v) is 10.7. The van der Waals surface area contributed by atoms with E-state index in [4.69, 9.17) is 9.84 Å². The summed E-state index contributed by atoms with van der Waals surface area (Å²) in [7, 11) is 5.58. The van der Waals surface area contributed by atoms with Gasteiger partial charge in [-0.25, -0.2) is 4.68 Å². The van der Waals surface area contributed by atoms with E-state index in [1.165, 1.54) is 16.9 Å². The summed E-state index contributed by atoms with van der Waals surface area (Å²) in [6.07, 6.45) is 3.95. The Balaban J connectivity index is 1.75. The molecule has 0 N–H and O–H groups in total. The van der Waals surface area contributed by atoms with Crippen LogP contribution in [-0.2, 0) is 5.41 Å². The predicted molar refractivity (Wildman–Crippen MR) is 126 cm³/mol. The van der Waals surface area contributed by atoms with Crippen LogP contribution in [0.3, 0.4) is 0 Å². The maximum atomic E-state index is 5.55. The van der Waals surface area contributed by atoms with Crippen molar-refractivity contribution in [3.05, 3.63) is 76.0 Å². The number of thiazole rings is 1. The van der Waals surface area contributed by atoms with Gasteiger partial charge in [0.1, 0.15) is 5.75 Å². The van der Waals surface area contributed by atoms with Gasteiger partial charge in [0.15, 0.2) is 0 Å². The quantitative estimate of drug-likeness (QED) is 0.566. The van der Waals surface area contributed by atoms with Crippen LogP contribution in [0.4, 0.5) is 5.69 Å². The summed E-state index contributed by atoms with van der Waals surface area (Å²) >= 11 is 1.56. The van der Waals surface area contributed by atoms with Crippen LogP contribution in [0.5, 0.6) is 5.75 Å². The molecular formula is C24H26N4OS. The number of para-hydroxylation sites is 2. The number of anilines is 1. The van der Waals surface area contributed by atoms with E-state index in [0.29, 0.717) is 0 Å². The van der Waals surface area contributed by atoms with Crippen molar-refractivity contribution >= 4 is 23.2 Å². The molecule has 0 saturated heterocycles. The molecule has 0 radical (unpaired) electrons. The number of likely N-dealkylation sites (N-methyl/N-ethyl adjacent to an activating group) is 1. The molecule has 0 fully saturated rings. The molecule has 2 aromatic carbocycles. The van der Waals surface area contributed by atoms with Crippen LogP contribution >= 0.6 is 11.3 Å². The van der Waals surface area contributed by atoms with E-state index < -0.39 is 0 Å². The van der Waals surface area contributed by atoms with Crippen molar-refractivity contribution in [1.29, 1.82) is 0 Å². The second kappa shape index (κ2) is 7.95. The second-order valence-electron chi connectivity index (χ2n) is 7.66. The van der Waals surface area contributed by atoms with Gasteiger partial charge in [-0.2, -0.15) is 5.10 Å². The molecule has 1 aliphatic rings.